The molecule has 19 heteroatoms. The van der Waals surface area contributed by atoms with E-state index in [1.807, 2.05) is 0 Å². The van der Waals surface area contributed by atoms with E-state index in [4.69, 9.17) is 37.0 Å². The molecule has 0 spiro atoms. The molecule has 97 heavy (non-hydrogen) atoms. The van der Waals surface area contributed by atoms with Gasteiger partial charge in [-0.25, -0.2) is 9.13 Å². The van der Waals surface area contributed by atoms with E-state index in [2.05, 4.69) is 41.5 Å². The van der Waals surface area contributed by atoms with Gasteiger partial charge in [-0.15, -0.1) is 0 Å². The second-order valence-electron chi connectivity index (χ2n) is 28.8. The van der Waals surface area contributed by atoms with E-state index in [0.29, 0.717) is 25.7 Å². The number of hydrogen-bond acceptors (Lipinski definition) is 15. The van der Waals surface area contributed by atoms with Crippen molar-refractivity contribution in [3.8, 4) is 0 Å². The Labute approximate surface area is 594 Å². The Kier molecular flexibility index (Phi) is 68.4. The van der Waals surface area contributed by atoms with Gasteiger partial charge in [-0.2, -0.15) is 0 Å². The van der Waals surface area contributed by atoms with E-state index in [9.17, 15) is 43.2 Å². The number of carbonyl (C=O) groups excluding carboxylic acids is 4. The molecule has 0 radical (unpaired) electrons. The maximum atomic E-state index is 13.1. The highest BCUT2D eigenvalue weighted by atomic mass is 31.2. The van der Waals surface area contributed by atoms with E-state index in [1.54, 1.807) is 0 Å². The van der Waals surface area contributed by atoms with E-state index in [1.165, 1.54) is 225 Å². The van der Waals surface area contributed by atoms with Crippen molar-refractivity contribution < 1.29 is 80.2 Å². The van der Waals surface area contributed by atoms with Crippen molar-refractivity contribution in [2.24, 2.45) is 11.8 Å². The molecular weight excluding hydrogens is 1270 g/mol. The monoisotopic (exact) mass is 1420 g/mol. The second kappa shape index (κ2) is 69.8. The molecule has 576 valence electrons. The second-order valence-corrected chi connectivity index (χ2v) is 31.7. The Morgan fingerprint density at radius 3 is 0.784 bits per heavy atom. The molecule has 0 saturated heterocycles. The number of aliphatic hydroxyl groups excluding tert-OH is 1. The Morgan fingerprint density at radius 2 is 0.526 bits per heavy atom. The van der Waals surface area contributed by atoms with Crippen LogP contribution >= 0.6 is 15.6 Å². The van der Waals surface area contributed by atoms with Crippen molar-refractivity contribution in [3.63, 3.8) is 0 Å². The molecule has 6 atom stereocenters. The van der Waals surface area contributed by atoms with Gasteiger partial charge < -0.3 is 33.8 Å². The summed E-state index contributed by atoms with van der Waals surface area (Å²) in [6, 6.07) is 0. The van der Waals surface area contributed by atoms with E-state index >= 15 is 0 Å². The largest absolute Gasteiger partial charge is 0.472 e. The summed E-state index contributed by atoms with van der Waals surface area (Å²) in [7, 11) is -9.91. The highest BCUT2D eigenvalue weighted by Gasteiger charge is 2.30. The van der Waals surface area contributed by atoms with Crippen LogP contribution in [0.1, 0.15) is 408 Å². The first-order chi connectivity index (χ1) is 46.9. The molecule has 0 heterocycles. The van der Waals surface area contributed by atoms with Crippen molar-refractivity contribution in [1.29, 1.82) is 0 Å². The van der Waals surface area contributed by atoms with Gasteiger partial charge in [0.25, 0.3) is 0 Å². The summed E-state index contributed by atoms with van der Waals surface area (Å²) < 4.78 is 68.5. The minimum absolute atomic E-state index is 0.108. The average Bonchev–Trinajstić information content (AvgIpc) is 1.34. The van der Waals surface area contributed by atoms with Gasteiger partial charge in [0.1, 0.15) is 19.3 Å². The van der Waals surface area contributed by atoms with Crippen LogP contribution in [0.4, 0.5) is 0 Å². The first-order valence-corrected chi connectivity index (χ1v) is 43.5. The van der Waals surface area contributed by atoms with E-state index < -0.39 is 97.5 Å². The molecule has 0 aliphatic heterocycles. The molecule has 0 bridgehead atoms. The van der Waals surface area contributed by atoms with Crippen molar-refractivity contribution in [1.82, 2.24) is 0 Å². The molecule has 17 nitrogen and oxygen atoms in total. The van der Waals surface area contributed by atoms with Crippen molar-refractivity contribution in [3.05, 3.63) is 0 Å². The summed E-state index contributed by atoms with van der Waals surface area (Å²) in [5, 5.41) is 10.6. The molecule has 0 saturated carbocycles. The first kappa shape index (κ1) is 95.1. The number of phosphoric acid groups is 2. The Balaban J connectivity index is 5.18. The number of unbranched alkanes of at least 4 members (excludes halogenated alkanes) is 46. The maximum Gasteiger partial charge on any atom is 0.472 e. The Hall–Kier alpha value is -1.94. The topological polar surface area (TPSA) is 237 Å². The fraction of sp³-hybridized carbons (Fsp3) is 0.949. The number of hydrogen-bond donors (Lipinski definition) is 3. The molecule has 3 N–H and O–H groups in total. The third-order valence-electron chi connectivity index (χ3n) is 18.6. The normalized spacial score (nSPS) is 14.2. The molecule has 0 amide bonds. The van der Waals surface area contributed by atoms with Gasteiger partial charge in [0.2, 0.25) is 0 Å². The lowest BCUT2D eigenvalue weighted by atomic mass is 9.99. The third kappa shape index (κ3) is 70.9. The first-order valence-electron chi connectivity index (χ1n) is 40.5. The zero-order chi connectivity index (χ0) is 71.4. The molecule has 3 unspecified atom stereocenters. The summed E-state index contributed by atoms with van der Waals surface area (Å²) in [5.41, 5.74) is 0. The SMILES string of the molecule is CCCCCCCCCCCCCCCC(=O)O[C@H](COC(=O)CCCCCCCCCCC)COP(=O)(O)OC[C@H](O)COP(=O)(O)OC[C@@H](COC(=O)CCCCCCCCCCCCC(C)C)OC(=O)CCCCCCCCCCCCCCCCCCCCC(C)CC. The van der Waals surface area contributed by atoms with Gasteiger partial charge in [-0.1, -0.05) is 356 Å². The van der Waals surface area contributed by atoms with Gasteiger partial charge >= 0.3 is 39.5 Å². The van der Waals surface area contributed by atoms with Crippen LogP contribution in [0.15, 0.2) is 0 Å². The number of aliphatic hydroxyl groups is 1. The Morgan fingerprint density at radius 1 is 0.299 bits per heavy atom. The average molecular weight is 1420 g/mol. The molecule has 0 aromatic heterocycles. The highest BCUT2D eigenvalue weighted by Crippen LogP contribution is 2.45. The lowest BCUT2D eigenvalue weighted by Gasteiger charge is -2.21. The number of phosphoric ester groups is 2. The quantitative estimate of drug-likeness (QED) is 0.0222. The van der Waals surface area contributed by atoms with Crippen LogP contribution < -0.4 is 0 Å². The fourth-order valence-electron chi connectivity index (χ4n) is 12.0. The zero-order valence-electron chi connectivity index (χ0n) is 63.4. The fourth-order valence-corrected chi connectivity index (χ4v) is 13.6. The maximum absolute atomic E-state index is 13.1. The molecule has 0 rings (SSSR count). The van der Waals surface area contributed by atoms with Crippen LogP contribution in [0.2, 0.25) is 0 Å². The van der Waals surface area contributed by atoms with Gasteiger partial charge in [0.05, 0.1) is 26.4 Å². The molecular formula is C78H152O17P2. The van der Waals surface area contributed by atoms with Crippen LogP contribution in [0.3, 0.4) is 0 Å². The van der Waals surface area contributed by atoms with Crippen LogP contribution in [0, 0.1) is 11.8 Å². The lowest BCUT2D eigenvalue weighted by Crippen LogP contribution is -2.30. The van der Waals surface area contributed by atoms with E-state index in [-0.39, 0.29) is 25.7 Å². The minimum atomic E-state index is -4.96. The highest BCUT2D eigenvalue weighted by molar-refractivity contribution is 7.47. The van der Waals surface area contributed by atoms with Crippen LogP contribution in [0.25, 0.3) is 0 Å². The standard InChI is InChI=1S/C78H152O17P2/c1-7-10-12-14-16-18-19-26-30-38-44-50-56-62-77(82)94-73(66-88-75(80)60-54-48-42-34-17-15-13-11-8-2)68-92-96(84,85)90-64-72(79)65-91-97(86,87)93-69-74(67-89-76(81)61-55-49-43-37-33-32-35-40-46-52-58-70(4)5)95-78(83)63-57-51-45-39-31-28-25-23-21-20-22-24-27-29-36-41-47-53-59-71(6)9-3/h70-74,79H,7-69H2,1-6H3,(H,84,85)(H,86,87)/t71?,72-,73+,74+/m0/s1. The van der Waals surface area contributed by atoms with Crippen LogP contribution in [-0.2, 0) is 65.4 Å². The van der Waals surface area contributed by atoms with Crippen molar-refractivity contribution >= 4 is 39.5 Å². The predicted octanol–water partition coefficient (Wildman–Crippen LogP) is 23.1. The van der Waals surface area contributed by atoms with Gasteiger partial charge in [-0.05, 0) is 37.5 Å². The molecule has 0 aliphatic rings. The van der Waals surface area contributed by atoms with Crippen LogP contribution in [0.5, 0.6) is 0 Å². The number of ether oxygens (including phenoxy) is 4. The van der Waals surface area contributed by atoms with Crippen LogP contribution in [-0.4, -0.2) is 96.7 Å². The Bertz CT molecular complexity index is 1870. The number of carbonyl (C=O) groups is 4. The molecule has 0 aromatic rings. The van der Waals surface area contributed by atoms with Gasteiger partial charge in [0, 0.05) is 25.7 Å². The molecule has 0 aliphatic carbocycles. The van der Waals surface area contributed by atoms with Crippen molar-refractivity contribution in [2.45, 2.75) is 426 Å². The number of esters is 4. The third-order valence-corrected chi connectivity index (χ3v) is 20.5. The van der Waals surface area contributed by atoms with Gasteiger partial charge in [-0.3, -0.25) is 37.3 Å². The predicted molar refractivity (Wildman–Crippen MR) is 395 cm³/mol. The lowest BCUT2D eigenvalue weighted by molar-refractivity contribution is -0.161. The number of rotatable bonds is 77. The summed E-state index contributed by atoms with van der Waals surface area (Å²) in [5.74, 6) is -0.484. The summed E-state index contributed by atoms with van der Waals surface area (Å²) in [4.78, 5) is 72.8. The molecule has 0 aromatic carbocycles. The summed E-state index contributed by atoms with van der Waals surface area (Å²) >= 11 is 0. The van der Waals surface area contributed by atoms with Crippen molar-refractivity contribution in [2.75, 3.05) is 39.6 Å². The minimum Gasteiger partial charge on any atom is -0.462 e. The summed E-state index contributed by atoms with van der Waals surface area (Å²) in [6.07, 6.45) is 58.2. The smallest absolute Gasteiger partial charge is 0.462 e. The van der Waals surface area contributed by atoms with E-state index in [0.717, 1.165) is 102 Å². The van der Waals surface area contributed by atoms with Gasteiger partial charge in [0.15, 0.2) is 12.2 Å². The summed E-state index contributed by atoms with van der Waals surface area (Å²) in [6.45, 7) is 9.66. The zero-order valence-corrected chi connectivity index (χ0v) is 65.2. The molecule has 0 fully saturated rings.